The summed E-state index contributed by atoms with van der Waals surface area (Å²) in [5.74, 6) is 0. The quantitative estimate of drug-likeness (QED) is 0.655. The van der Waals surface area contributed by atoms with E-state index in [1.807, 2.05) is 11.8 Å². The lowest BCUT2D eigenvalue weighted by molar-refractivity contribution is -0.385. The molecule has 2 rings (SSSR count). The van der Waals surface area contributed by atoms with Gasteiger partial charge in [0, 0.05) is 44.1 Å². The average Bonchev–Trinajstić information content (AvgIpc) is 2.37. The molecular weight excluding hydrogens is 282 g/mol. The van der Waals surface area contributed by atoms with E-state index in [0.717, 1.165) is 18.9 Å². The summed E-state index contributed by atoms with van der Waals surface area (Å²) in [5.41, 5.74) is 0.323. The summed E-state index contributed by atoms with van der Waals surface area (Å²) in [6, 6.07) is 4.24. The van der Waals surface area contributed by atoms with E-state index in [1.54, 1.807) is 0 Å². The van der Waals surface area contributed by atoms with Crippen LogP contribution in [0.15, 0.2) is 23.1 Å². The van der Waals surface area contributed by atoms with Crippen molar-refractivity contribution in [2.75, 3.05) is 30.8 Å². The Bertz CT molecular complexity index is 630. The molecule has 8 heteroatoms. The van der Waals surface area contributed by atoms with Crippen LogP contribution in [0.2, 0.25) is 0 Å². The van der Waals surface area contributed by atoms with Crippen LogP contribution in [0.3, 0.4) is 0 Å². The molecule has 7 nitrogen and oxygen atoms in total. The Hall–Kier alpha value is -1.67. The Morgan fingerprint density at radius 3 is 2.70 bits per heavy atom. The first kappa shape index (κ1) is 14.7. The summed E-state index contributed by atoms with van der Waals surface area (Å²) in [4.78, 5) is 12.2. The molecular formula is C12H17N3O4S. The van der Waals surface area contributed by atoms with E-state index in [4.69, 9.17) is 0 Å². The maximum Gasteiger partial charge on any atom is 0.270 e. The lowest BCUT2D eigenvalue weighted by Gasteiger charge is -2.34. The summed E-state index contributed by atoms with van der Waals surface area (Å²) >= 11 is 0. The molecule has 0 amide bonds. The molecule has 1 saturated heterocycles. The number of non-ortho nitro benzene ring substituents is 1. The van der Waals surface area contributed by atoms with Crippen molar-refractivity contribution in [3.8, 4) is 0 Å². The third-order valence-corrected chi connectivity index (χ3v) is 4.39. The van der Waals surface area contributed by atoms with Crippen molar-refractivity contribution in [3.63, 3.8) is 0 Å². The number of nitro groups is 1. The van der Waals surface area contributed by atoms with E-state index < -0.39 is 14.8 Å². The van der Waals surface area contributed by atoms with E-state index in [2.05, 4.69) is 5.32 Å². The highest BCUT2D eigenvalue weighted by atomic mass is 32.2. The molecule has 1 aromatic carbocycles. The standard InChI is InChI=1S/C12H17N3O4S/c1-9-8-14(6-5-13-9)11-4-3-10(15(16)17)7-12(11)20(2,18)19/h3-4,7,9,13H,5-6,8H2,1-2H3. The minimum atomic E-state index is -3.52. The Labute approximate surface area is 117 Å². The molecule has 1 fully saturated rings. The van der Waals surface area contributed by atoms with E-state index in [1.165, 1.54) is 12.1 Å². The second-order valence-corrected chi connectivity index (χ2v) is 6.97. The molecule has 1 aliphatic rings. The van der Waals surface area contributed by atoms with Gasteiger partial charge in [-0.25, -0.2) is 8.42 Å². The van der Waals surface area contributed by atoms with Gasteiger partial charge in [0.25, 0.3) is 5.69 Å². The molecule has 110 valence electrons. The number of sulfone groups is 1. The molecule has 1 N–H and O–H groups in total. The maximum atomic E-state index is 11.9. The molecule has 0 radical (unpaired) electrons. The highest BCUT2D eigenvalue weighted by molar-refractivity contribution is 7.90. The Morgan fingerprint density at radius 2 is 2.15 bits per heavy atom. The normalized spacial score (nSPS) is 19.9. The van der Waals surface area contributed by atoms with Crippen molar-refractivity contribution in [2.24, 2.45) is 0 Å². The topological polar surface area (TPSA) is 92.5 Å². The van der Waals surface area contributed by atoms with Gasteiger partial charge in [-0.2, -0.15) is 0 Å². The number of benzene rings is 1. The van der Waals surface area contributed by atoms with Crippen LogP contribution in [-0.4, -0.2) is 45.3 Å². The molecule has 1 aliphatic heterocycles. The first-order valence-corrected chi connectivity index (χ1v) is 8.15. The largest absolute Gasteiger partial charge is 0.368 e. The summed E-state index contributed by atoms with van der Waals surface area (Å²) in [7, 11) is -3.52. The van der Waals surface area contributed by atoms with Gasteiger partial charge in [-0.3, -0.25) is 10.1 Å². The Balaban J connectivity index is 2.49. The van der Waals surface area contributed by atoms with Crippen LogP contribution >= 0.6 is 0 Å². The average molecular weight is 299 g/mol. The van der Waals surface area contributed by atoms with Gasteiger partial charge < -0.3 is 10.2 Å². The summed E-state index contributed by atoms with van der Waals surface area (Å²) in [6.45, 7) is 4.10. The fourth-order valence-electron chi connectivity index (χ4n) is 2.33. The van der Waals surface area contributed by atoms with E-state index in [0.29, 0.717) is 18.8 Å². The number of nitrogens with zero attached hydrogens (tertiary/aromatic N) is 2. The lowest BCUT2D eigenvalue weighted by Crippen LogP contribution is -2.49. The van der Waals surface area contributed by atoms with Crippen LogP contribution in [0.5, 0.6) is 0 Å². The molecule has 20 heavy (non-hydrogen) atoms. The van der Waals surface area contributed by atoms with Gasteiger partial charge in [0.1, 0.15) is 0 Å². The molecule has 1 heterocycles. The maximum absolute atomic E-state index is 11.9. The van der Waals surface area contributed by atoms with Crippen LogP contribution in [-0.2, 0) is 9.84 Å². The second-order valence-electron chi connectivity index (χ2n) is 4.98. The number of piperazine rings is 1. The molecule has 1 unspecified atom stereocenters. The Kier molecular flexibility index (Phi) is 3.96. The third kappa shape index (κ3) is 3.07. The zero-order chi connectivity index (χ0) is 14.9. The number of nitrogens with one attached hydrogen (secondary N) is 1. The Morgan fingerprint density at radius 1 is 1.45 bits per heavy atom. The fourth-order valence-corrected chi connectivity index (χ4v) is 3.24. The first-order chi connectivity index (χ1) is 9.29. The van der Waals surface area contributed by atoms with Crippen molar-refractivity contribution in [2.45, 2.75) is 17.9 Å². The van der Waals surface area contributed by atoms with Crippen LogP contribution < -0.4 is 10.2 Å². The van der Waals surface area contributed by atoms with Crippen LogP contribution in [0.25, 0.3) is 0 Å². The number of hydrogen-bond donors (Lipinski definition) is 1. The van der Waals surface area contributed by atoms with Gasteiger partial charge in [0.15, 0.2) is 9.84 Å². The van der Waals surface area contributed by atoms with Crippen molar-refractivity contribution >= 4 is 21.2 Å². The highest BCUT2D eigenvalue weighted by Crippen LogP contribution is 2.30. The van der Waals surface area contributed by atoms with Crippen LogP contribution in [0.4, 0.5) is 11.4 Å². The van der Waals surface area contributed by atoms with E-state index in [9.17, 15) is 18.5 Å². The van der Waals surface area contributed by atoms with Crippen LogP contribution in [0.1, 0.15) is 6.92 Å². The predicted octanol–water partition coefficient (Wildman–Crippen LogP) is 0.796. The van der Waals surface area contributed by atoms with Gasteiger partial charge in [-0.1, -0.05) is 0 Å². The molecule has 0 saturated carbocycles. The predicted molar refractivity (Wildman–Crippen MR) is 75.9 cm³/mol. The van der Waals surface area contributed by atoms with Gasteiger partial charge in [-0.15, -0.1) is 0 Å². The molecule has 0 bridgehead atoms. The summed E-state index contributed by atoms with van der Waals surface area (Å²) < 4.78 is 23.8. The fraction of sp³-hybridized carbons (Fsp3) is 0.500. The third-order valence-electron chi connectivity index (χ3n) is 3.26. The molecule has 0 spiro atoms. The summed E-state index contributed by atoms with van der Waals surface area (Å²) in [5, 5.41) is 14.1. The number of anilines is 1. The smallest absolute Gasteiger partial charge is 0.270 e. The number of rotatable bonds is 3. The minimum Gasteiger partial charge on any atom is -0.368 e. The zero-order valence-corrected chi connectivity index (χ0v) is 12.2. The summed E-state index contributed by atoms with van der Waals surface area (Å²) in [6.07, 6.45) is 1.07. The van der Waals surface area contributed by atoms with Crippen molar-refractivity contribution in [3.05, 3.63) is 28.3 Å². The van der Waals surface area contributed by atoms with Crippen molar-refractivity contribution < 1.29 is 13.3 Å². The number of nitro benzene ring substituents is 1. The van der Waals surface area contributed by atoms with Crippen LogP contribution in [0, 0.1) is 10.1 Å². The van der Waals surface area contributed by atoms with Crippen molar-refractivity contribution in [1.82, 2.24) is 5.32 Å². The lowest BCUT2D eigenvalue weighted by atomic mass is 10.2. The highest BCUT2D eigenvalue weighted by Gasteiger charge is 2.24. The SMILES string of the molecule is CC1CN(c2ccc([N+](=O)[O-])cc2S(C)(=O)=O)CCN1. The molecule has 0 aromatic heterocycles. The van der Waals surface area contributed by atoms with Crippen molar-refractivity contribution in [1.29, 1.82) is 0 Å². The number of hydrogen-bond acceptors (Lipinski definition) is 6. The van der Waals surface area contributed by atoms with Gasteiger partial charge >= 0.3 is 0 Å². The van der Waals surface area contributed by atoms with Gasteiger partial charge in [0.2, 0.25) is 0 Å². The van der Waals surface area contributed by atoms with Gasteiger partial charge in [0.05, 0.1) is 15.5 Å². The van der Waals surface area contributed by atoms with E-state index in [-0.39, 0.29) is 16.6 Å². The van der Waals surface area contributed by atoms with E-state index >= 15 is 0 Å². The zero-order valence-electron chi connectivity index (χ0n) is 11.4. The second kappa shape index (κ2) is 5.37. The first-order valence-electron chi connectivity index (χ1n) is 6.26. The molecule has 1 atom stereocenters. The van der Waals surface area contributed by atoms with Gasteiger partial charge in [-0.05, 0) is 13.0 Å². The minimum absolute atomic E-state index is 0.0146. The monoisotopic (exact) mass is 299 g/mol. The molecule has 0 aliphatic carbocycles. The molecule has 1 aromatic rings.